The van der Waals surface area contributed by atoms with Gasteiger partial charge in [0, 0.05) is 54.8 Å². The molecule has 5 aromatic rings. The maximum atomic E-state index is 15.1. The molecule has 0 saturated heterocycles. The highest BCUT2D eigenvalue weighted by atomic mass is 19.1. The lowest BCUT2D eigenvalue weighted by molar-refractivity contribution is -0.160. The standard InChI is InChI=1S/C41H37F3N4O5/c1-25-17-26(2)46-36(18-25)53-39(40(51)52-24-38(50)47(3)4)41(29-14-10-13-28(19-29)27-11-6-5-7-12-27)32-15-8-9-16-35(32)48(37(49)22-45-41)23-31-33(43)20-30(42)21-34(31)44/h5-21,39,45H,22-24H2,1-4H3/t39-,41+/m1/s1. The largest absolute Gasteiger partial charge is 0.459 e. The van der Waals surface area contributed by atoms with E-state index in [0.29, 0.717) is 29.0 Å². The van der Waals surface area contributed by atoms with Crippen molar-refractivity contribution in [2.45, 2.75) is 32.0 Å². The number of carbonyl (C=O) groups is 3. The fourth-order valence-electron chi connectivity index (χ4n) is 6.49. The number of hydrogen-bond acceptors (Lipinski definition) is 7. The molecule has 12 heteroatoms. The van der Waals surface area contributed by atoms with E-state index in [1.807, 2.05) is 55.5 Å². The highest BCUT2D eigenvalue weighted by Crippen LogP contribution is 2.44. The van der Waals surface area contributed by atoms with Crippen molar-refractivity contribution in [2.75, 3.05) is 32.1 Å². The molecule has 1 N–H and O–H groups in total. The Bertz CT molecular complexity index is 2140. The first-order chi connectivity index (χ1) is 25.4. The number of nitrogens with zero attached hydrogens (tertiary/aromatic N) is 3. The van der Waals surface area contributed by atoms with Crippen molar-refractivity contribution < 1.29 is 37.0 Å². The number of benzene rings is 4. The van der Waals surface area contributed by atoms with Crippen molar-refractivity contribution in [3.05, 3.63) is 149 Å². The highest BCUT2D eigenvalue weighted by Gasteiger charge is 2.53. The lowest BCUT2D eigenvalue weighted by Crippen LogP contribution is -2.59. The SMILES string of the molecule is Cc1cc(C)nc(O[C@H](C(=O)OCC(=O)N(C)C)[C@@]2(c3cccc(-c4ccccc4)c3)NCC(=O)N(Cc3c(F)cc(F)cc3F)c3ccccc32)c1. The van der Waals surface area contributed by atoms with Crippen LogP contribution >= 0.6 is 0 Å². The number of ether oxygens (including phenoxy) is 2. The summed E-state index contributed by atoms with van der Waals surface area (Å²) in [6, 6.07) is 28.0. The van der Waals surface area contributed by atoms with Gasteiger partial charge in [0.05, 0.1) is 13.1 Å². The van der Waals surface area contributed by atoms with Crippen LogP contribution in [-0.4, -0.2) is 61.0 Å². The number of anilines is 1. The monoisotopic (exact) mass is 722 g/mol. The number of aromatic nitrogens is 1. The molecule has 272 valence electrons. The van der Waals surface area contributed by atoms with Gasteiger partial charge < -0.3 is 19.3 Å². The third-order valence-electron chi connectivity index (χ3n) is 9.04. The summed E-state index contributed by atoms with van der Waals surface area (Å²) in [7, 11) is 3.05. The second kappa shape index (κ2) is 15.3. The lowest BCUT2D eigenvalue weighted by Gasteiger charge is -2.40. The Morgan fingerprint density at radius 2 is 1.57 bits per heavy atom. The van der Waals surface area contributed by atoms with Gasteiger partial charge in [-0.25, -0.2) is 22.9 Å². The predicted molar refractivity (Wildman–Crippen MR) is 192 cm³/mol. The molecule has 1 aliphatic rings. The van der Waals surface area contributed by atoms with Crippen molar-refractivity contribution in [1.29, 1.82) is 0 Å². The minimum absolute atomic E-state index is 0.0733. The van der Waals surface area contributed by atoms with Crippen molar-refractivity contribution in [3.8, 4) is 17.0 Å². The molecule has 0 fully saturated rings. The molecule has 0 radical (unpaired) electrons. The summed E-state index contributed by atoms with van der Waals surface area (Å²) >= 11 is 0. The Morgan fingerprint density at radius 3 is 2.26 bits per heavy atom. The van der Waals surface area contributed by atoms with Crippen LogP contribution in [0.15, 0.2) is 103 Å². The number of hydrogen-bond donors (Lipinski definition) is 1. The molecule has 2 heterocycles. The number of amides is 2. The minimum Gasteiger partial charge on any atom is -0.459 e. The van der Waals surface area contributed by atoms with Gasteiger partial charge in [0.1, 0.15) is 23.0 Å². The van der Waals surface area contributed by atoms with Crippen LogP contribution < -0.4 is 15.0 Å². The topological polar surface area (TPSA) is 101 Å². The molecule has 0 bridgehead atoms. The molecule has 9 nitrogen and oxygen atoms in total. The molecule has 1 aliphatic heterocycles. The molecule has 1 aromatic heterocycles. The normalized spacial score (nSPS) is 16.0. The first-order valence-corrected chi connectivity index (χ1v) is 16.8. The summed E-state index contributed by atoms with van der Waals surface area (Å²) in [6.07, 6.45) is -1.65. The van der Waals surface area contributed by atoms with Crippen molar-refractivity contribution in [1.82, 2.24) is 15.2 Å². The van der Waals surface area contributed by atoms with E-state index < -0.39 is 72.1 Å². The number of fused-ring (bicyclic) bond motifs is 1. The van der Waals surface area contributed by atoms with Gasteiger partial charge in [0.15, 0.2) is 6.61 Å². The summed E-state index contributed by atoms with van der Waals surface area (Å²) in [5.41, 5.74) is 1.70. The summed E-state index contributed by atoms with van der Waals surface area (Å²) in [6.45, 7) is 1.95. The summed E-state index contributed by atoms with van der Waals surface area (Å²) in [5, 5.41) is 3.30. The van der Waals surface area contributed by atoms with Crippen molar-refractivity contribution in [2.24, 2.45) is 0 Å². The average molecular weight is 723 g/mol. The van der Waals surface area contributed by atoms with Gasteiger partial charge in [-0.1, -0.05) is 66.7 Å². The number of para-hydroxylation sites is 1. The lowest BCUT2D eigenvalue weighted by atomic mass is 9.76. The summed E-state index contributed by atoms with van der Waals surface area (Å²) in [5.74, 6) is -5.40. The molecule has 6 rings (SSSR count). The third kappa shape index (κ3) is 7.63. The molecule has 4 aromatic carbocycles. The van der Waals surface area contributed by atoms with Crippen LogP contribution in [0.4, 0.5) is 18.9 Å². The number of likely N-dealkylation sites (N-methyl/N-ethyl adjacent to an activating group) is 1. The Hall–Kier alpha value is -6.01. The van der Waals surface area contributed by atoms with Crippen LogP contribution in [0.2, 0.25) is 0 Å². The van der Waals surface area contributed by atoms with E-state index in [1.54, 1.807) is 49.4 Å². The molecule has 0 saturated carbocycles. The molecule has 53 heavy (non-hydrogen) atoms. The quantitative estimate of drug-likeness (QED) is 0.170. The van der Waals surface area contributed by atoms with E-state index in [0.717, 1.165) is 16.7 Å². The number of aryl methyl sites for hydroxylation is 2. The minimum atomic E-state index is -1.76. The zero-order valence-electron chi connectivity index (χ0n) is 29.5. The van der Waals surface area contributed by atoms with Crippen LogP contribution in [0.25, 0.3) is 11.1 Å². The number of pyridine rings is 1. The summed E-state index contributed by atoms with van der Waals surface area (Å²) in [4.78, 5) is 48.4. The third-order valence-corrected chi connectivity index (χ3v) is 9.04. The first kappa shape index (κ1) is 36.8. The molecule has 0 unspecified atom stereocenters. The van der Waals surface area contributed by atoms with Gasteiger partial charge in [-0.15, -0.1) is 0 Å². The Balaban J connectivity index is 1.61. The fourth-order valence-corrected chi connectivity index (χ4v) is 6.49. The number of rotatable bonds is 10. The maximum Gasteiger partial charge on any atom is 0.350 e. The molecular weight excluding hydrogens is 685 g/mol. The second-order valence-electron chi connectivity index (χ2n) is 13.0. The van der Waals surface area contributed by atoms with Gasteiger partial charge in [-0.05, 0) is 54.3 Å². The average Bonchev–Trinajstić information content (AvgIpc) is 3.25. The first-order valence-electron chi connectivity index (χ1n) is 16.8. The number of esters is 1. The van der Waals surface area contributed by atoms with Crippen LogP contribution in [-0.2, 0) is 31.2 Å². The van der Waals surface area contributed by atoms with Crippen molar-refractivity contribution >= 4 is 23.5 Å². The number of nitrogens with one attached hydrogen (secondary N) is 1. The smallest absolute Gasteiger partial charge is 0.350 e. The Kier molecular flexibility index (Phi) is 10.6. The maximum absolute atomic E-state index is 15.1. The van der Waals surface area contributed by atoms with E-state index >= 15 is 8.78 Å². The van der Waals surface area contributed by atoms with E-state index in [1.165, 1.54) is 23.9 Å². The number of halogens is 3. The molecular formula is C41H37F3N4O5. The zero-order valence-corrected chi connectivity index (χ0v) is 29.5. The Morgan fingerprint density at radius 1 is 0.887 bits per heavy atom. The van der Waals surface area contributed by atoms with Crippen LogP contribution in [0.1, 0.15) is 27.9 Å². The van der Waals surface area contributed by atoms with Gasteiger partial charge in [-0.3, -0.25) is 14.9 Å². The highest BCUT2D eigenvalue weighted by molar-refractivity contribution is 5.98. The number of carbonyl (C=O) groups excluding carboxylic acids is 3. The van der Waals surface area contributed by atoms with Crippen LogP contribution in [0.5, 0.6) is 5.88 Å². The van der Waals surface area contributed by atoms with E-state index in [-0.39, 0.29) is 11.6 Å². The van der Waals surface area contributed by atoms with Crippen LogP contribution in [0, 0.1) is 31.3 Å². The second-order valence-corrected chi connectivity index (χ2v) is 13.0. The molecule has 2 amide bonds. The van der Waals surface area contributed by atoms with Gasteiger partial charge in [0.2, 0.25) is 17.9 Å². The van der Waals surface area contributed by atoms with Gasteiger partial charge in [-0.2, -0.15) is 0 Å². The fraction of sp³-hybridized carbons (Fsp3) is 0.220. The van der Waals surface area contributed by atoms with Gasteiger partial charge >= 0.3 is 5.97 Å². The predicted octanol–water partition coefficient (Wildman–Crippen LogP) is 6.24. The van der Waals surface area contributed by atoms with Gasteiger partial charge in [0.25, 0.3) is 5.91 Å². The molecule has 0 aliphatic carbocycles. The zero-order chi connectivity index (χ0) is 37.9. The van der Waals surface area contributed by atoms with E-state index in [9.17, 15) is 18.8 Å². The molecule has 0 spiro atoms. The summed E-state index contributed by atoms with van der Waals surface area (Å²) < 4.78 is 56.3. The molecule has 2 atom stereocenters. The van der Waals surface area contributed by atoms with Crippen molar-refractivity contribution in [3.63, 3.8) is 0 Å². The Labute approximate surface area is 305 Å². The van der Waals surface area contributed by atoms with E-state index in [2.05, 4.69) is 10.3 Å². The van der Waals surface area contributed by atoms with Crippen LogP contribution in [0.3, 0.4) is 0 Å². The van der Waals surface area contributed by atoms with E-state index in [4.69, 9.17) is 9.47 Å².